The number of benzene rings is 1. The summed E-state index contributed by atoms with van der Waals surface area (Å²) >= 11 is 6.30. The van der Waals surface area contributed by atoms with Crippen molar-refractivity contribution >= 4 is 35.0 Å². The fraction of sp³-hybridized carbons (Fsp3) is 0.435. The third-order valence-electron chi connectivity index (χ3n) is 5.02. The molecule has 7 nitrogen and oxygen atoms in total. The first kappa shape index (κ1) is 22.9. The predicted molar refractivity (Wildman–Crippen MR) is 128 cm³/mol. The number of aromatic nitrogens is 1. The summed E-state index contributed by atoms with van der Waals surface area (Å²) in [6, 6.07) is 11.8. The number of carbonyl (C=O) groups excluding carboxylic acids is 1. The van der Waals surface area contributed by atoms with Crippen molar-refractivity contribution in [1.29, 1.82) is 0 Å². The van der Waals surface area contributed by atoms with Crippen LogP contribution in [0.15, 0.2) is 47.6 Å². The first-order chi connectivity index (χ1) is 15.1. The van der Waals surface area contributed by atoms with E-state index in [0.717, 1.165) is 55.5 Å². The molecule has 1 unspecified atom stereocenters. The summed E-state index contributed by atoms with van der Waals surface area (Å²) in [6.45, 7) is 7.06. The van der Waals surface area contributed by atoms with Gasteiger partial charge in [0.1, 0.15) is 5.82 Å². The Hall–Kier alpha value is -2.80. The van der Waals surface area contributed by atoms with E-state index in [1.807, 2.05) is 43.3 Å². The second-order valence-corrected chi connectivity index (χ2v) is 7.99. The first-order valence-electron chi connectivity index (χ1n) is 10.9. The summed E-state index contributed by atoms with van der Waals surface area (Å²) in [7, 11) is 0. The SMILES string of the molecule is CCCC(=O)Nc1cccc(CN=C(NCC)NC2CCN(c3ncccc3Cl)C2)c1. The summed E-state index contributed by atoms with van der Waals surface area (Å²) in [5, 5.41) is 10.5. The zero-order chi connectivity index (χ0) is 22.1. The molecule has 0 spiro atoms. The minimum absolute atomic E-state index is 0.0388. The Morgan fingerprint density at radius 2 is 2.16 bits per heavy atom. The molecule has 0 radical (unpaired) electrons. The Morgan fingerprint density at radius 3 is 2.94 bits per heavy atom. The molecule has 3 rings (SSSR count). The minimum Gasteiger partial charge on any atom is -0.357 e. The predicted octanol–water partition coefficient (Wildman–Crippen LogP) is 3.81. The number of amides is 1. The van der Waals surface area contributed by atoms with Crippen LogP contribution in [0.25, 0.3) is 0 Å². The molecule has 2 aromatic rings. The molecule has 166 valence electrons. The number of nitrogens with one attached hydrogen (secondary N) is 3. The number of nitrogens with zero attached hydrogens (tertiary/aromatic N) is 3. The van der Waals surface area contributed by atoms with Gasteiger partial charge >= 0.3 is 0 Å². The Balaban J connectivity index is 1.59. The van der Waals surface area contributed by atoms with Crippen molar-refractivity contribution in [2.24, 2.45) is 4.99 Å². The van der Waals surface area contributed by atoms with Gasteiger partial charge in [0.15, 0.2) is 5.96 Å². The van der Waals surface area contributed by atoms with Gasteiger partial charge in [0.05, 0.1) is 11.6 Å². The quantitative estimate of drug-likeness (QED) is 0.428. The van der Waals surface area contributed by atoms with Crippen molar-refractivity contribution in [1.82, 2.24) is 15.6 Å². The highest BCUT2D eigenvalue weighted by Gasteiger charge is 2.25. The zero-order valence-corrected chi connectivity index (χ0v) is 19.0. The minimum atomic E-state index is 0.0388. The van der Waals surface area contributed by atoms with Gasteiger partial charge in [0.25, 0.3) is 0 Å². The summed E-state index contributed by atoms with van der Waals surface area (Å²) in [5.74, 6) is 1.65. The number of rotatable bonds is 8. The van der Waals surface area contributed by atoms with Crippen LogP contribution in [0.2, 0.25) is 5.02 Å². The van der Waals surface area contributed by atoms with Gasteiger partial charge in [-0.15, -0.1) is 0 Å². The molecule has 1 aromatic carbocycles. The number of hydrogen-bond acceptors (Lipinski definition) is 4. The number of pyridine rings is 1. The van der Waals surface area contributed by atoms with Crippen LogP contribution in [0.4, 0.5) is 11.5 Å². The van der Waals surface area contributed by atoms with Crippen molar-refractivity contribution in [3.8, 4) is 0 Å². The van der Waals surface area contributed by atoms with E-state index in [2.05, 4.69) is 32.8 Å². The van der Waals surface area contributed by atoms with E-state index in [0.29, 0.717) is 18.0 Å². The number of anilines is 2. The van der Waals surface area contributed by atoms with Gasteiger partial charge < -0.3 is 20.9 Å². The molecule has 1 aromatic heterocycles. The van der Waals surface area contributed by atoms with Gasteiger partial charge in [-0.1, -0.05) is 30.7 Å². The first-order valence-corrected chi connectivity index (χ1v) is 11.3. The maximum Gasteiger partial charge on any atom is 0.224 e. The van der Waals surface area contributed by atoms with Gasteiger partial charge in [0.2, 0.25) is 5.91 Å². The lowest BCUT2D eigenvalue weighted by atomic mass is 10.2. The molecule has 1 atom stereocenters. The molecule has 0 bridgehead atoms. The highest BCUT2D eigenvalue weighted by atomic mass is 35.5. The van der Waals surface area contributed by atoms with Crippen LogP contribution in [0.3, 0.4) is 0 Å². The highest BCUT2D eigenvalue weighted by molar-refractivity contribution is 6.32. The molecule has 1 saturated heterocycles. The zero-order valence-electron chi connectivity index (χ0n) is 18.2. The molecule has 31 heavy (non-hydrogen) atoms. The average Bonchev–Trinajstić information content (AvgIpc) is 3.21. The third-order valence-corrected chi connectivity index (χ3v) is 5.31. The van der Waals surface area contributed by atoms with Crippen LogP contribution >= 0.6 is 11.6 Å². The number of guanidine groups is 1. The lowest BCUT2D eigenvalue weighted by Gasteiger charge is -2.20. The van der Waals surface area contributed by atoms with Crippen molar-refractivity contribution < 1.29 is 4.79 Å². The van der Waals surface area contributed by atoms with E-state index >= 15 is 0 Å². The van der Waals surface area contributed by atoms with Gasteiger partial charge in [-0.3, -0.25) is 4.79 Å². The van der Waals surface area contributed by atoms with Crippen LogP contribution in [-0.4, -0.2) is 42.5 Å². The fourth-order valence-electron chi connectivity index (χ4n) is 3.56. The topological polar surface area (TPSA) is 81.6 Å². The second-order valence-electron chi connectivity index (χ2n) is 7.58. The summed E-state index contributed by atoms with van der Waals surface area (Å²) < 4.78 is 0. The van der Waals surface area contributed by atoms with Crippen molar-refractivity contribution in [2.75, 3.05) is 29.9 Å². The Morgan fingerprint density at radius 1 is 1.29 bits per heavy atom. The number of halogens is 1. The highest BCUT2D eigenvalue weighted by Crippen LogP contribution is 2.25. The van der Waals surface area contributed by atoms with Crippen LogP contribution < -0.4 is 20.9 Å². The van der Waals surface area contributed by atoms with Crippen LogP contribution in [0.1, 0.15) is 38.7 Å². The summed E-state index contributed by atoms with van der Waals surface area (Å²) in [6.07, 6.45) is 4.11. The molecular weight excluding hydrogens is 412 g/mol. The molecule has 1 aliphatic heterocycles. The van der Waals surface area contributed by atoms with Crippen LogP contribution in [-0.2, 0) is 11.3 Å². The van der Waals surface area contributed by atoms with E-state index in [1.165, 1.54) is 0 Å². The fourth-order valence-corrected chi connectivity index (χ4v) is 3.80. The molecule has 8 heteroatoms. The average molecular weight is 443 g/mol. The Kier molecular flexibility index (Phi) is 8.53. The van der Waals surface area contributed by atoms with E-state index in [1.54, 1.807) is 6.20 Å². The number of hydrogen-bond donors (Lipinski definition) is 3. The molecular formula is C23H31ClN6O. The summed E-state index contributed by atoms with van der Waals surface area (Å²) in [4.78, 5) is 23.2. The van der Waals surface area contributed by atoms with Crippen LogP contribution in [0, 0.1) is 0 Å². The molecule has 0 saturated carbocycles. The van der Waals surface area contributed by atoms with E-state index in [9.17, 15) is 4.79 Å². The molecule has 1 aliphatic rings. The lowest BCUT2D eigenvalue weighted by molar-refractivity contribution is -0.116. The van der Waals surface area contributed by atoms with Crippen molar-refractivity contribution in [2.45, 2.75) is 45.7 Å². The Bertz CT molecular complexity index is 903. The van der Waals surface area contributed by atoms with Gasteiger partial charge in [-0.2, -0.15) is 0 Å². The lowest BCUT2D eigenvalue weighted by Crippen LogP contribution is -2.44. The van der Waals surface area contributed by atoms with Gasteiger partial charge in [-0.25, -0.2) is 9.98 Å². The largest absolute Gasteiger partial charge is 0.357 e. The second kappa shape index (κ2) is 11.6. The number of carbonyl (C=O) groups is 1. The molecule has 1 amide bonds. The molecule has 1 fully saturated rings. The maximum absolute atomic E-state index is 11.8. The summed E-state index contributed by atoms with van der Waals surface area (Å²) in [5.41, 5.74) is 1.85. The smallest absolute Gasteiger partial charge is 0.224 e. The van der Waals surface area contributed by atoms with Crippen molar-refractivity contribution in [3.05, 3.63) is 53.2 Å². The monoisotopic (exact) mass is 442 g/mol. The van der Waals surface area contributed by atoms with E-state index in [-0.39, 0.29) is 11.9 Å². The standard InChI is InChI=1S/C23H31ClN6O/c1-3-7-21(31)28-18-9-5-8-17(14-18)15-27-23(25-4-2)29-19-11-13-30(16-19)22-20(24)10-6-12-26-22/h5-6,8-10,12,14,19H,3-4,7,11,13,15-16H2,1-2H3,(H,28,31)(H2,25,27,29). The third kappa shape index (κ3) is 6.85. The molecule has 0 aliphatic carbocycles. The molecule has 2 heterocycles. The van der Waals surface area contributed by atoms with Gasteiger partial charge in [-0.05, 0) is 49.6 Å². The molecule has 3 N–H and O–H groups in total. The Labute approximate surface area is 189 Å². The normalized spacial score (nSPS) is 16.3. The maximum atomic E-state index is 11.8. The van der Waals surface area contributed by atoms with Gasteiger partial charge in [0, 0.05) is 44.0 Å². The van der Waals surface area contributed by atoms with Crippen LogP contribution in [0.5, 0.6) is 0 Å². The van der Waals surface area contributed by atoms with E-state index in [4.69, 9.17) is 16.6 Å². The number of aliphatic imine (C=N–C) groups is 1. The van der Waals surface area contributed by atoms with Crippen molar-refractivity contribution in [3.63, 3.8) is 0 Å². The van der Waals surface area contributed by atoms with E-state index < -0.39 is 0 Å².